The van der Waals surface area contributed by atoms with Crippen molar-refractivity contribution in [2.75, 3.05) is 20.3 Å². The lowest BCUT2D eigenvalue weighted by Crippen LogP contribution is -2.29. The first-order valence-electron chi connectivity index (χ1n) is 7.12. The fourth-order valence-corrected chi connectivity index (χ4v) is 1.94. The molecule has 116 valence electrons. The number of carbonyl (C=O) groups is 1. The van der Waals surface area contributed by atoms with E-state index in [1.807, 2.05) is 31.2 Å². The Hall–Kier alpha value is -2.40. The summed E-state index contributed by atoms with van der Waals surface area (Å²) in [5.41, 5.74) is 2.33. The molecular formula is C17H20N2O3. The highest BCUT2D eigenvalue weighted by atomic mass is 16.5. The molecule has 1 aromatic heterocycles. The Bertz CT molecular complexity index is 626. The van der Waals surface area contributed by atoms with Crippen LogP contribution in [-0.4, -0.2) is 36.3 Å². The summed E-state index contributed by atoms with van der Waals surface area (Å²) in [4.78, 5) is 16.2. The van der Waals surface area contributed by atoms with Crippen molar-refractivity contribution in [3.8, 4) is 16.9 Å². The van der Waals surface area contributed by atoms with Gasteiger partial charge in [-0.05, 0) is 29.7 Å². The van der Waals surface area contributed by atoms with E-state index in [4.69, 9.17) is 9.84 Å². The van der Waals surface area contributed by atoms with Gasteiger partial charge in [-0.15, -0.1) is 0 Å². The van der Waals surface area contributed by atoms with Crippen molar-refractivity contribution in [3.05, 3.63) is 48.3 Å². The Kier molecular flexibility index (Phi) is 5.49. The number of methoxy groups -OCH3 is 1. The van der Waals surface area contributed by atoms with Gasteiger partial charge in [0.25, 0.3) is 5.91 Å². The summed E-state index contributed by atoms with van der Waals surface area (Å²) in [7, 11) is 1.62. The monoisotopic (exact) mass is 300 g/mol. The summed E-state index contributed by atoms with van der Waals surface area (Å²) in [5, 5.41) is 11.8. The van der Waals surface area contributed by atoms with Crippen LogP contribution in [0.5, 0.6) is 5.75 Å². The van der Waals surface area contributed by atoms with Crippen LogP contribution in [0.15, 0.2) is 42.7 Å². The number of rotatable bonds is 6. The van der Waals surface area contributed by atoms with Crippen LogP contribution in [0.1, 0.15) is 17.3 Å². The predicted octanol–water partition coefficient (Wildman–Crippen LogP) is 2.12. The van der Waals surface area contributed by atoms with Gasteiger partial charge in [0.2, 0.25) is 0 Å². The van der Waals surface area contributed by atoms with E-state index in [9.17, 15) is 4.79 Å². The van der Waals surface area contributed by atoms with Crippen LogP contribution in [0.25, 0.3) is 11.1 Å². The molecule has 0 spiro atoms. The Morgan fingerprint density at radius 3 is 2.64 bits per heavy atom. The number of nitrogens with one attached hydrogen (secondary N) is 1. The summed E-state index contributed by atoms with van der Waals surface area (Å²) in [6.45, 7) is 2.35. The zero-order chi connectivity index (χ0) is 15.9. The van der Waals surface area contributed by atoms with E-state index in [1.54, 1.807) is 19.4 Å². The molecular weight excluding hydrogens is 280 g/mol. The fraction of sp³-hybridized carbons (Fsp3) is 0.294. The second-order valence-corrected chi connectivity index (χ2v) is 5.19. The number of amides is 1. The highest BCUT2D eigenvalue weighted by Crippen LogP contribution is 2.22. The van der Waals surface area contributed by atoms with Crippen molar-refractivity contribution in [3.63, 3.8) is 0 Å². The Labute approximate surface area is 130 Å². The molecule has 0 aliphatic heterocycles. The van der Waals surface area contributed by atoms with Crippen molar-refractivity contribution in [1.82, 2.24) is 10.3 Å². The zero-order valence-corrected chi connectivity index (χ0v) is 12.7. The maximum Gasteiger partial charge on any atom is 0.252 e. The van der Waals surface area contributed by atoms with Gasteiger partial charge in [-0.3, -0.25) is 9.78 Å². The fourth-order valence-electron chi connectivity index (χ4n) is 1.94. The van der Waals surface area contributed by atoms with Gasteiger partial charge in [0.1, 0.15) is 5.75 Å². The van der Waals surface area contributed by atoms with Crippen molar-refractivity contribution >= 4 is 5.91 Å². The van der Waals surface area contributed by atoms with E-state index < -0.39 is 0 Å². The predicted molar refractivity (Wildman–Crippen MR) is 84.8 cm³/mol. The molecule has 2 N–H and O–H groups in total. The van der Waals surface area contributed by atoms with Crippen LogP contribution in [0.4, 0.5) is 0 Å². The zero-order valence-electron chi connectivity index (χ0n) is 12.7. The van der Waals surface area contributed by atoms with Gasteiger partial charge in [-0.2, -0.15) is 0 Å². The van der Waals surface area contributed by atoms with E-state index in [2.05, 4.69) is 10.3 Å². The van der Waals surface area contributed by atoms with Crippen molar-refractivity contribution in [2.24, 2.45) is 5.92 Å². The average molecular weight is 300 g/mol. The molecule has 22 heavy (non-hydrogen) atoms. The minimum Gasteiger partial charge on any atom is -0.497 e. The largest absolute Gasteiger partial charge is 0.497 e. The topological polar surface area (TPSA) is 71.5 Å². The third-order valence-corrected chi connectivity index (χ3v) is 3.35. The van der Waals surface area contributed by atoms with Crippen molar-refractivity contribution in [1.29, 1.82) is 0 Å². The summed E-state index contributed by atoms with van der Waals surface area (Å²) in [6.07, 6.45) is 3.25. The Morgan fingerprint density at radius 2 is 2.00 bits per heavy atom. The lowest BCUT2D eigenvalue weighted by molar-refractivity contribution is 0.0942. The molecule has 0 bridgehead atoms. The number of carbonyl (C=O) groups excluding carboxylic acids is 1. The first-order valence-corrected chi connectivity index (χ1v) is 7.12. The summed E-state index contributed by atoms with van der Waals surface area (Å²) in [6, 6.07) is 9.38. The van der Waals surface area contributed by atoms with Crippen LogP contribution < -0.4 is 10.1 Å². The molecule has 0 saturated heterocycles. The quantitative estimate of drug-likeness (QED) is 0.857. The average Bonchev–Trinajstić information content (AvgIpc) is 2.59. The number of aliphatic hydroxyl groups excluding tert-OH is 1. The van der Waals surface area contributed by atoms with Crippen LogP contribution in [0, 0.1) is 5.92 Å². The Morgan fingerprint density at radius 1 is 1.27 bits per heavy atom. The van der Waals surface area contributed by atoms with Crippen molar-refractivity contribution < 1.29 is 14.6 Å². The number of aliphatic hydroxyl groups is 1. The van der Waals surface area contributed by atoms with Crippen LogP contribution in [-0.2, 0) is 0 Å². The minimum absolute atomic E-state index is 0.0293. The maximum absolute atomic E-state index is 12.1. The summed E-state index contributed by atoms with van der Waals surface area (Å²) >= 11 is 0. The van der Waals surface area contributed by atoms with E-state index in [0.717, 1.165) is 16.9 Å². The number of hydrogen-bond donors (Lipinski definition) is 2. The number of ether oxygens (including phenoxy) is 1. The maximum atomic E-state index is 12.1. The van der Waals surface area contributed by atoms with Gasteiger partial charge in [-0.25, -0.2) is 0 Å². The molecule has 0 aliphatic rings. The van der Waals surface area contributed by atoms with Gasteiger partial charge in [0.15, 0.2) is 0 Å². The van der Waals surface area contributed by atoms with Gasteiger partial charge in [-0.1, -0.05) is 19.1 Å². The van der Waals surface area contributed by atoms with Gasteiger partial charge in [0, 0.05) is 31.1 Å². The highest BCUT2D eigenvalue weighted by Gasteiger charge is 2.09. The molecule has 0 saturated carbocycles. The van der Waals surface area contributed by atoms with Gasteiger partial charge in [0.05, 0.1) is 12.7 Å². The molecule has 0 fully saturated rings. The number of benzene rings is 1. The first kappa shape index (κ1) is 16.0. The number of nitrogens with zero attached hydrogens (tertiary/aromatic N) is 1. The van der Waals surface area contributed by atoms with E-state index in [0.29, 0.717) is 12.1 Å². The second-order valence-electron chi connectivity index (χ2n) is 5.19. The molecule has 1 amide bonds. The third-order valence-electron chi connectivity index (χ3n) is 3.35. The molecule has 1 heterocycles. The first-order chi connectivity index (χ1) is 10.6. The smallest absolute Gasteiger partial charge is 0.252 e. The van der Waals surface area contributed by atoms with Gasteiger partial charge < -0.3 is 15.2 Å². The summed E-state index contributed by atoms with van der Waals surface area (Å²) in [5.74, 6) is 0.619. The molecule has 1 atom stereocenters. The molecule has 1 aromatic carbocycles. The molecule has 1 unspecified atom stereocenters. The van der Waals surface area contributed by atoms with Crippen molar-refractivity contribution in [2.45, 2.75) is 6.92 Å². The minimum atomic E-state index is -0.192. The number of hydrogen-bond acceptors (Lipinski definition) is 4. The Balaban J connectivity index is 2.13. The SMILES string of the molecule is COc1ccc(-c2cncc(C(=O)NCC(C)CO)c2)cc1. The second kappa shape index (κ2) is 7.56. The third kappa shape index (κ3) is 4.05. The van der Waals surface area contributed by atoms with Gasteiger partial charge >= 0.3 is 0 Å². The lowest BCUT2D eigenvalue weighted by atomic mass is 10.1. The lowest BCUT2D eigenvalue weighted by Gasteiger charge is -2.10. The van der Waals surface area contributed by atoms with E-state index in [1.165, 1.54) is 6.20 Å². The van der Waals surface area contributed by atoms with Crippen LogP contribution in [0.3, 0.4) is 0 Å². The van der Waals surface area contributed by atoms with Crippen LogP contribution in [0.2, 0.25) is 0 Å². The summed E-state index contributed by atoms with van der Waals surface area (Å²) < 4.78 is 5.13. The highest BCUT2D eigenvalue weighted by molar-refractivity contribution is 5.95. The number of aromatic nitrogens is 1. The molecule has 5 nitrogen and oxygen atoms in total. The molecule has 2 rings (SSSR count). The molecule has 2 aromatic rings. The number of pyridine rings is 1. The van der Waals surface area contributed by atoms with E-state index >= 15 is 0 Å². The normalized spacial score (nSPS) is 11.8. The standard InChI is InChI=1S/C17H20N2O3/c1-12(11-20)8-19-17(21)15-7-14(9-18-10-15)13-3-5-16(22-2)6-4-13/h3-7,9-10,12,20H,8,11H2,1-2H3,(H,19,21). The van der Waals surface area contributed by atoms with Crippen LogP contribution >= 0.6 is 0 Å². The molecule has 5 heteroatoms. The molecule has 0 aliphatic carbocycles. The van der Waals surface area contributed by atoms with E-state index in [-0.39, 0.29) is 18.4 Å². The molecule has 0 radical (unpaired) electrons.